The molecule has 1 amide bonds. The van der Waals surface area contributed by atoms with Gasteiger partial charge in [-0.15, -0.1) is 0 Å². The SMILES string of the molecule is CC(C)C[C@@H](NC(=O)c1ccc2[nH]nc(-c3ccc(N4C5CCC4CC(O)C5)cc3)c2c1)c1ccccn1. The highest BCUT2D eigenvalue weighted by molar-refractivity contribution is 6.01. The summed E-state index contributed by atoms with van der Waals surface area (Å²) in [6.45, 7) is 4.30. The van der Waals surface area contributed by atoms with E-state index in [-0.39, 0.29) is 18.1 Å². The van der Waals surface area contributed by atoms with Crippen molar-refractivity contribution in [1.82, 2.24) is 20.5 Å². The summed E-state index contributed by atoms with van der Waals surface area (Å²) in [5.74, 6) is 0.298. The molecule has 2 unspecified atom stereocenters. The lowest BCUT2D eigenvalue weighted by atomic mass is 9.98. The molecule has 2 aromatic carbocycles. The van der Waals surface area contributed by atoms with Crippen LogP contribution in [-0.2, 0) is 0 Å². The van der Waals surface area contributed by atoms with E-state index in [1.807, 2.05) is 36.4 Å². The largest absolute Gasteiger partial charge is 0.393 e. The minimum atomic E-state index is -0.172. The number of hydrogen-bond acceptors (Lipinski definition) is 5. The lowest BCUT2D eigenvalue weighted by Gasteiger charge is -2.39. The average Bonchev–Trinajstić information content (AvgIpc) is 3.46. The van der Waals surface area contributed by atoms with Crippen molar-refractivity contribution < 1.29 is 9.90 Å². The maximum atomic E-state index is 13.3. The molecule has 0 saturated carbocycles. The van der Waals surface area contributed by atoms with Crippen molar-refractivity contribution in [2.45, 2.75) is 70.2 Å². The molecule has 2 fully saturated rings. The number of carbonyl (C=O) groups excluding carboxylic acids is 1. The molecule has 3 atom stereocenters. The number of hydrogen-bond donors (Lipinski definition) is 3. The van der Waals surface area contributed by atoms with Crippen LogP contribution in [0.25, 0.3) is 22.2 Å². The van der Waals surface area contributed by atoms with Gasteiger partial charge in [-0.05, 0) is 80.5 Å². The molecule has 6 rings (SSSR count). The summed E-state index contributed by atoms with van der Waals surface area (Å²) in [5, 5.41) is 22.0. The zero-order valence-electron chi connectivity index (χ0n) is 22.0. The Morgan fingerprint density at radius 2 is 1.84 bits per heavy atom. The number of rotatable bonds is 7. The summed E-state index contributed by atoms with van der Waals surface area (Å²) in [7, 11) is 0. The first-order chi connectivity index (χ1) is 18.5. The predicted octanol–water partition coefficient (Wildman–Crippen LogP) is 5.63. The monoisotopic (exact) mass is 509 g/mol. The summed E-state index contributed by atoms with van der Waals surface area (Å²) in [5.41, 5.74) is 5.42. The number of piperidine rings is 1. The highest BCUT2D eigenvalue weighted by Gasteiger charge is 2.40. The zero-order valence-corrected chi connectivity index (χ0v) is 22.0. The molecular weight excluding hydrogens is 474 g/mol. The molecule has 0 aliphatic carbocycles. The molecule has 7 nitrogen and oxygen atoms in total. The van der Waals surface area contributed by atoms with Crippen molar-refractivity contribution in [2.75, 3.05) is 4.90 Å². The Kier molecular flexibility index (Phi) is 6.62. The number of carbonyl (C=O) groups is 1. The van der Waals surface area contributed by atoms with Gasteiger partial charge in [-0.1, -0.05) is 32.0 Å². The Morgan fingerprint density at radius 3 is 2.53 bits per heavy atom. The second-order valence-corrected chi connectivity index (χ2v) is 11.2. The van der Waals surface area contributed by atoms with Crippen LogP contribution in [0.1, 0.15) is 68.0 Å². The molecule has 2 aromatic heterocycles. The molecule has 2 aliphatic rings. The maximum Gasteiger partial charge on any atom is 0.251 e. The number of benzene rings is 2. The van der Waals surface area contributed by atoms with E-state index < -0.39 is 0 Å². The van der Waals surface area contributed by atoms with Crippen LogP contribution in [0.4, 0.5) is 5.69 Å². The number of aliphatic hydroxyl groups is 1. The Labute approximate surface area is 223 Å². The number of nitrogens with one attached hydrogen (secondary N) is 2. The highest BCUT2D eigenvalue weighted by atomic mass is 16.3. The number of aromatic nitrogens is 3. The fraction of sp³-hybridized carbons (Fsp3) is 0.387. The van der Waals surface area contributed by atoms with E-state index in [2.05, 4.69) is 63.5 Å². The van der Waals surface area contributed by atoms with Crippen LogP contribution < -0.4 is 10.2 Å². The van der Waals surface area contributed by atoms with E-state index >= 15 is 0 Å². The van der Waals surface area contributed by atoms with Gasteiger partial charge in [0.2, 0.25) is 0 Å². The summed E-state index contributed by atoms with van der Waals surface area (Å²) in [6.07, 6.45) is 6.41. The molecule has 0 radical (unpaired) electrons. The van der Waals surface area contributed by atoms with Gasteiger partial charge in [0.05, 0.1) is 29.1 Å². The second-order valence-electron chi connectivity index (χ2n) is 11.2. The molecule has 0 spiro atoms. The Balaban J connectivity index is 1.24. The summed E-state index contributed by atoms with van der Waals surface area (Å²) in [4.78, 5) is 20.3. The first-order valence-corrected chi connectivity index (χ1v) is 13.7. The van der Waals surface area contributed by atoms with Crippen molar-refractivity contribution in [3.8, 4) is 11.3 Å². The number of amides is 1. The van der Waals surface area contributed by atoms with Crippen LogP contribution in [0.5, 0.6) is 0 Å². The molecule has 196 valence electrons. The summed E-state index contributed by atoms with van der Waals surface area (Å²) in [6, 6.07) is 20.7. The molecule has 2 bridgehead atoms. The van der Waals surface area contributed by atoms with Gasteiger partial charge in [0.25, 0.3) is 5.91 Å². The van der Waals surface area contributed by atoms with Crippen LogP contribution in [0.15, 0.2) is 66.9 Å². The number of anilines is 1. The number of aromatic amines is 1. The lowest BCUT2D eigenvalue weighted by molar-refractivity contribution is 0.0931. The van der Waals surface area contributed by atoms with Crippen molar-refractivity contribution >= 4 is 22.5 Å². The maximum absolute atomic E-state index is 13.3. The van der Waals surface area contributed by atoms with Gasteiger partial charge in [0.15, 0.2) is 0 Å². The van der Waals surface area contributed by atoms with Crippen molar-refractivity contribution in [1.29, 1.82) is 0 Å². The molecule has 2 aliphatic heterocycles. The number of H-pyrrole nitrogens is 1. The van der Waals surface area contributed by atoms with Gasteiger partial charge >= 0.3 is 0 Å². The molecule has 3 N–H and O–H groups in total. The first-order valence-electron chi connectivity index (χ1n) is 13.7. The van der Waals surface area contributed by atoms with Crippen LogP contribution in [0, 0.1) is 5.92 Å². The van der Waals surface area contributed by atoms with Gasteiger partial charge in [0.1, 0.15) is 0 Å². The third-order valence-electron chi connectivity index (χ3n) is 8.03. The van der Waals surface area contributed by atoms with Gasteiger partial charge in [-0.2, -0.15) is 5.10 Å². The molecule has 4 aromatic rings. The summed E-state index contributed by atoms with van der Waals surface area (Å²) < 4.78 is 0. The normalized spacial score (nSPS) is 21.7. The fourth-order valence-corrected chi connectivity index (χ4v) is 6.29. The number of pyridine rings is 1. The van der Waals surface area contributed by atoms with Crippen LogP contribution >= 0.6 is 0 Å². The predicted molar refractivity (Wildman–Crippen MR) is 150 cm³/mol. The van der Waals surface area contributed by atoms with Gasteiger partial charge < -0.3 is 15.3 Å². The Hall–Kier alpha value is -3.71. The van der Waals surface area contributed by atoms with E-state index in [0.717, 1.165) is 60.0 Å². The van der Waals surface area contributed by atoms with Crippen LogP contribution in [-0.4, -0.2) is 44.4 Å². The van der Waals surface area contributed by atoms with Crippen molar-refractivity contribution in [2.24, 2.45) is 5.92 Å². The minimum absolute atomic E-state index is 0.117. The van der Waals surface area contributed by atoms with E-state index in [1.165, 1.54) is 5.69 Å². The molecule has 38 heavy (non-hydrogen) atoms. The highest BCUT2D eigenvalue weighted by Crippen LogP contribution is 2.40. The molecule has 4 heterocycles. The quantitative estimate of drug-likeness (QED) is 0.300. The number of fused-ring (bicyclic) bond motifs is 3. The topological polar surface area (TPSA) is 94.1 Å². The lowest BCUT2D eigenvalue weighted by Crippen LogP contribution is -2.44. The molecule has 2 saturated heterocycles. The number of nitrogens with zero attached hydrogens (tertiary/aromatic N) is 3. The minimum Gasteiger partial charge on any atom is -0.393 e. The van der Waals surface area contributed by atoms with E-state index in [1.54, 1.807) is 6.20 Å². The smallest absolute Gasteiger partial charge is 0.251 e. The van der Waals surface area contributed by atoms with Gasteiger partial charge in [-0.25, -0.2) is 0 Å². The third-order valence-corrected chi connectivity index (χ3v) is 8.03. The fourth-order valence-electron chi connectivity index (χ4n) is 6.29. The van der Waals surface area contributed by atoms with E-state index in [9.17, 15) is 9.90 Å². The van der Waals surface area contributed by atoms with Crippen molar-refractivity contribution in [3.63, 3.8) is 0 Å². The summed E-state index contributed by atoms with van der Waals surface area (Å²) >= 11 is 0. The molecule has 7 heteroatoms. The molecular formula is C31H35N5O2. The Morgan fingerprint density at radius 1 is 1.08 bits per heavy atom. The average molecular weight is 510 g/mol. The van der Waals surface area contributed by atoms with E-state index in [0.29, 0.717) is 23.6 Å². The standard InChI is InChI=1S/C31H35N5O2/c1-19(2)15-29(28-5-3-4-14-32-28)33-31(38)21-8-13-27-26(16-21)30(35-34-27)20-6-9-22(10-7-20)36-23-11-12-24(36)18-25(37)17-23/h3-10,13-14,16,19,23-25,29,37H,11-12,15,17-18H2,1-2H3,(H,33,38)(H,34,35)/t23?,24?,25?,29-/m1/s1. The Bertz CT molecular complexity index is 1400. The third kappa shape index (κ3) is 4.78. The van der Waals surface area contributed by atoms with Crippen LogP contribution in [0.3, 0.4) is 0 Å². The first kappa shape index (κ1) is 24.6. The second kappa shape index (κ2) is 10.2. The van der Waals surface area contributed by atoms with Crippen molar-refractivity contribution in [3.05, 3.63) is 78.1 Å². The van der Waals surface area contributed by atoms with Gasteiger partial charge in [-0.3, -0.25) is 14.9 Å². The zero-order chi connectivity index (χ0) is 26.2. The number of aliphatic hydroxyl groups excluding tert-OH is 1. The van der Waals surface area contributed by atoms with E-state index in [4.69, 9.17) is 0 Å². The van der Waals surface area contributed by atoms with Gasteiger partial charge in [0, 0.05) is 40.5 Å². The van der Waals surface area contributed by atoms with Crippen LogP contribution in [0.2, 0.25) is 0 Å².